The highest BCUT2D eigenvalue weighted by molar-refractivity contribution is 5.79. The Morgan fingerprint density at radius 3 is 2.65 bits per heavy atom. The van der Waals surface area contributed by atoms with Crippen LogP contribution in [0.2, 0.25) is 0 Å². The van der Waals surface area contributed by atoms with Crippen LogP contribution >= 0.6 is 0 Å². The first-order valence-corrected chi connectivity index (χ1v) is 8.62. The van der Waals surface area contributed by atoms with E-state index in [1.807, 2.05) is 6.07 Å². The van der Waals surface area contributed by atoms with Gasteiger partial charge < -0.3 is 15.8 Å². The molecule has 0 radical (unpaired) electrons. The van der Waals surface area contributed by atoms with Crippen molar-refractivity contribution in [2.24, 2.45) is 11.7 Å². The summed E-state index contributed by atoms with van der Waals surface area (Å²) >= 11 is 0. The van der Waals surface area contributed by atoms with Gasteiger partial charge >= 0.3 is 0 Å². The third kappa shape index (κ3) is 4.53. The number of rotatable bonds is 5. The highest BCUT2D eigenvalue weighted by atomic mass is 16.5. The number of nitrogens with one attached hydrogen (secondary N) is 1. The first-order valence-electron chi connectivity index (χ1n) is 8.62. The Hall–Kier alpha value is -1.43. The van der Waals surface area contributed by atoms with E-state index in [9.17, 15) is 4.79 Å². The predicted molar refractivity (Wildman–Crippen MR) is 89.7 cm³/mol. The summed E-state index contributed by atoms with van der Waals surface area (Å²) in [7, 11) is 0. The molecule has 1 aliphatic heterocycles. The Morgan fingerprint density at radius 1 is 1.22 bits per heavy atom. The van der Waals surface area contributed by atoms with Gasteiger partial charge in [-0.25, -0.2) is 0 Å². The maximum atomic E-state index is 12.3. The molecule has 23 heavy (non-hydrogen) atoms. The molecular formula is C18H27N3O2. The van der Waals surface area contributed by atoms with Gasteiger partial charge in [0.05, 0.1) is 13.2 Å². The second-order valence-electron chi connectivity index (χ2n) is 6.65. The minimum Gasteiger partial charge on any atom is -0.379 e. The standard InChI is InChI=1S/C18H27N3O2/c19-17-6-5-14(11-17)18(22)20-12-15-3-1-2-4-16(15)13-21-7-9-23-10-8-21/h1-4,14,17H,5-13,19H2,(H,20,22)/t14-,17-/m0/s1. The fraction of sp³-hybridized carbons (Fsp3) is 0.611. The molecule has 1 amide bonds. The van der Waals surface area contributed by atoms with Crippen LogP contribution in [0.1, 0.15) is 30.4 Å². The number of hydrogen-bond donors (Lipinski definition) is 2. The van der Waals surface area contributed by atoms with E-state index < -0.39 is 0 Å². The summed E-state index contributed by atoms with van der Waals surface area (Å²) in [6.45, 7) is 5.08. The van der Waals surface area contributed by atoms with Gasteiger partial charge in [-0.1, -0.05) is 24.3 Å². The van der Waals surface area contributed by atoms with Gasteiger partial charge in [0, 0.05) is 38.1 Å². The second kappa shape index (κ2) is 7.90. The first-order chi connectivity index (χ1) is 11.2. The van der Waals surface area contributed by atoms with Crippen LogP contribution in [0.3, 0.4) is 0 Å². The zero-order chi connectivity index (χ0) is 16.1. The maximum Gasteiger partial charge on any atom is 0.223 e. The Balaban J connectivity index is 1.56. The van der Waals surface area contributed by atoms with E-state index in [1.54, 1.807) is 0 Å². The largest absolute Gasteiger partial charge is 0.379 e. The summed E-state index contributed by atoms with van der Waals surface area (Å²) in [6.07, 6.45) is 2.70. The summed E-state index contributed by atoms with van der Waals surface area (Å²) in [5.74, 6) is 0.246. The fourth-order valence-corrected chi connectivity index (χ4v) is 3.47. The lowest BCUT2D eigenvalue weighted by molar-refractivity contribution is -0.125. The Bertz CT molecular complexity index is 529. The van der Waals surface area contributed by atoms with Gasteiger partial charge in [0.1, 0.15) is 0 Å². The number of hydrogen-bond acceptors (Lipinski definition) is 4. The minimum atomic E-state index is 0.0939. The van der Waals surface area contributed by atoms with Crippen molar-refractivity contribution >= 4 is 5.91 Å². The number of carbonyl (C=O) groups is 1. The average molecular weight is 317 g/mol. The molecule has 2 atom stereocenters. The Morgan fingerprint density at radius 2 is 1.96 bits per heavy atom. The summed E-state index contributed by atoms with van der Waals surface area (Å²) in [4.78, 5) is 14.7. The van der Waals surface area contributed by atoms with E-state index >= 15 is 0 Å². The van der Waals surface area contributed by atoms with Crippen molar-refractivity contribution in [3.8, 4) is 0 Å². The molecule has 2 fully saturated rings. The SMILES string of the molecule is N[C@H]1CC[C@H](C(=O)NCc2ccccc2CN2CCOCC2)C1. The minimum absolute atomic E-state index is 0.0939. The van der Waals surface area contributed by atoms with Crippen molar-refractivity contribution in [3.63, 3.8) is 0 Å². The molecule has 1 saturated carbocycles. The maximum absolute atomic E-state index is 12.3. The molecule has 0 spiro atoms. The van der Waals surface area contributed by atoms with Crippen LogP contribution < -0.4 is 11.1 Å². The monoisotopic (exact) mass is 317 g/mol. The Labute approximate surface area is 138 Å². The van der Waals surface area contributed by atoms with Crippen molar-refractivity contribution in [2.45, 2.75) is 38.4 Å². The molecule has 2 aliphatic rings. The topological polar surface area (TPSA) is 67.6 Å². The quantitative estimate of drug-likeness (QED) is 0.858. The van der Waals surface area contributed by atoms with Crippen molar-refractivity contribution in [3.05, 3.63) is 35.4 Å². The van der Waals surface area contributed by atoms with Gasteiger partial charge in [-0.3, -0.25) is 9.69 Å². The molecule has 3 N–H and O–H groups in total. The molecule has 1 aromatic carbocycles. The third-order valence-electron chi connectivity index (χ3n) is 4.91. The molecular weight excluding hydrogens is 290 g/mol. The van der Waals surface area contributed by atoms with Crippen LogP contribution in [-0.2, 0) is 22.6 Å². The molecule has 1 aliphatic carbocycles. The summed E-state index contributed by atoms with van der Waals surface area (Å²) in [5, 5.41) is 3.10. The van der Waals surface area contributed by atoms with Crippen LogP contribution in [0.4, 0.5) is 0 Å². The number of nitrogens with two attached hydrogens (primary N) is 1. The van der Waals surface area contributed by atoms with Crippen LogP contribution in [-0.4, -0.2) is 43.2 Å². The van der Waals surface area contributed by atoms with E-state index in [0.29, 0.717) is 6.54 Å². The van der Waals surface area contributed by atoms with Gasteiger partial charge in [-0.15, -0.1) is 0 Å². The lowest BCUT2D eigenvalue weighted by Crippen LogP contribution is -2.36. The molecule has 1 heterocycles. The van der Waals surface area contributed by atoms with Crippen LogP contribution in [0, 0.1) is 5.92 Å². The fourth-order valence-electron chi connectivity index (χ4n) is 3.47. The molecule has 5 heteroatoms. The predicted octanol–water partition coefficient (Wildman–Crippen LogP) is 1.26. The molecule has 1 aromatic rings. The molecule has 0 unspecified atom stereocenters. The van der Waals surface area contributed by atoms with Gasteiger partial charge in [0.15, 0.2) is 0 Å². The molecule has 126 valence electrons. The van der Waals surface area contributed by atoms with Crippen LogP contribution in [0.5, 0.6) is 0 Å². The lowest BCUT2D eigenvalue weighted by atomic mass is 10.0. The normalized spacial score (nSPS) is 25.4. The molecule has 5 nitrogen and oxygen atoms in total. The molecule has 0 bridgehead atoms. The molecule has 3 rings (SSSR count). The number of nitrogens with zero attached hydrogens (tertiary/aromatic N) is 1. The first kappa shape index (κ1) is 16.4. The highest BCUT2D eigenvalue weighted by Crippen LogP contribution is 2.24. The van der Waals surface area contributed by atoms with Gasteiger partial charge in [0.25, 0.3) is 0 Å². The van der Waals surface area contributed by atoms with Gasteiger partial charge in [-0.05, 0) is 30.4 Å². The third-order valence-corrected chi connectivity index (χ3v) is 4.91. The molecule has 1 saturated heterocycles. The van der Waals surface area contributed by atoms with E-state index in [-0.39, 0.29) is 17.9 Å². The highest BCUT2D eigenvalue weighted by Gasteiger charge is 2.27. The van der Waals surface area contributed by atoms with Crippen molar-refractivity contribution in [1.82, 2.24) is 10.2 Å². The van der Waals surface area contributed by atoms with Crippen LogP contribution in [0.25, 0.3) is 0 Å². The number of amides is 1. The number of morpholine rings is 1. The van der Waals surface area contributed by atoms with E-state index in [4.69, 9.17) is 10.5 Å². The Kier molecular flexibility index (Phi) is 5.65. The van der Waals surface area contributed by atoms with E-state index in [2.05, 4.69) is 28.4 Å². The summed E-state index contributed by atoms with van der Waals surface area (Å²) in [6, 6.07) is 8.56. The van der Waals surface area contributed by atoms with E-state index in [0.717, 1.165) is 52.1 Å². The number of benzene rings is 1. The number of carbonyl (C=O) groups excluding carboxylic acids is 1. The summed E-state index contributed by atoms with van der Waals surface area (Å²) < 4.78 is 5.40. The van der Waals surface area contributed by atoms with Crippen molar-refractivity contribution in [2.75, 3.05) is 26.3 Å². The second-order valence-corrected chi connectivity index (χ2v) is 6.65. The van der Waals surface area contributed by atoms with Crippen molar-refractivity contribution in [1.29, 1.82) is 0 Å². The molecule has 0 aromatic heterocycles. The zero-order valence-electron chi connectivity index (χ0n) is 13.7. The zero-order valence-corrected chi connectivity index (χ0v) is 13.7. The summed E-state index contributed by atoms with van der Waals surface area (Å²) in [5.41, 5.74) is 8.40. The van der Waals surface area contributed by atoms with Gasteiger partial charge in [0.2, 0.25) is 5.91 Å². The van der Waals surface area contributed by atoms with Gasteiger partial charge in [-0.2, -0.15) is 0 Å². The van der Waals surface area contributed by atoms with Crippen LogP contribution in [0.15, 0.2) is 24.3 Å². The van der Waals surface area contributed by atoms with E-state index in [1.165, 1.54) is 11.1 Å². The average Bonchev–Trinajstić information content (AvgIpc) is 3.01. The lowest BCUT2D eigenvalue weighted by Gasteiger charge is -2.27. The number of ether oxygens (including phenoxy) is 1. The van der Waals surface area contributed by atoms with Crippen molar-refractivity contribution < 1.29 is 9.53 Å². The smallest absolute Gasteiger partial charge is 0.223 e.